The normalized spacial score (nSPS) is 17.3. The third-order valence-electron chi connectivity index (χ3n) is 3.76. The molecule has 0 radical (unpaired) electrons. The van der Waals surface area contributed by atoms with E-state index >= 15 is 0 Å². The van der Waals surface area contributed by atoms with E-state index in [1.165, 1.54) is 16.2 Å². The lowest BCUT2D eigenvalue weighted by molar-refractivity contribution is -0.116. The summed E-state index contributed by atoms with van der Waals surface area (Å²) in [5.74, 6) is 1.14. The Morgan fingerprint density at radius 3 is 2.90 bits per heavy atom. The molecule has 1 aromatic heterocycles. The van der Waals surface area contributed by atoms with Crippen molar-refractivity contribution in [2.45, 2.75) is 39.0 Å². The lowest BCUT2D eigenvalue weighted by Gasteiger charge is -2.18. The molecule has 0 aliphatic heterocycles. The first-order chi connectivity index (χ1) is 10.0. The number of carbonyl (C=O) groups excluding carboxylic acids is 2. The molecule has 1 aliphatic rings. The third-order valence-corrected chi connectivity index (χ3v) is 5.63. The van der Waals surface area contributed by atoms with Gasteiger partial charge in [-0.2, -0.15) is 11.8 Å². The standard InChI is InChI=1S/C15H22N2O2S2/c1-9-5-6-10-11(8-9)21-15(13(10)14(16)19)17-12(18)4-3-7-20-2/h9H,3-8H2,1-2H3,(H2,16,19)(H,17,18). The van der Waals surface area contributed by atoms with Crippen LogP contribution in [-0.4, -0.2) is 23.8 Å². The van der Waals surface area contributed by atoms with Crippen molar-refractivity contribution in [2.75, 3.05) is 17.3 Å². The van der Waals surface area contributed by atoms with E-state index in [0.717, 1.165) is 37.0 Å². The van der Waals surface area contributed by atoms with E-state index in [4.69, 9.17) is 5.73 Å². The van der Waals surface area contributed by atoms with Crippen LogP contribution in [0.15, 0.2) is 0 Å². The quantitative estimate of drug-likeness (QED) is 0.789. The fourth-order valence-electron chi connectivity index (χ4n) is 2.67. The summed E-state index contributed by atoms with van der Waals surface area (Å²) in [5.41, 5.74) is 7.13. The third kappa shape index (κ3) is 4.01. The van der Waals surface area contributed by atoms with Gasteiger partial charge in [-0.25, -0.2) is 0 Å². The highest BCUT2D eigenvalue weighted by Gasteiger charge is 2.27. The van der Waals surface area contributed by atoms with Crippen molar-refractivity contribution in [3.05, 3.63) is 16.0 Å². The summed E-state index contributed by atoms with van der Waals surface area (Å²) >= 11 is 3.25. The van der Waals surface area contributed by atoms with Crippen LogP contribution in [0.5, 0.6) is 0 Å². The van der Waals surface area contributed by atoms with E-state index in [-0.39, 0.29) is 5.91 Å². The lowest BCUT2D eigenvalue weighted by Crippen LogP contribution is -2.19. The van der Waals surface area contributed by atoms with Gasteiger partial charge in [0.05, 0.1) is 5.56 Å². The zero-order valence-electron chi connectivity index (χ0n) is 12.5. The second-order valence-corrected chi connectivity index (χ2v) is 7.66. The number of amides is 2. The molecule has 6 heteroatoms. The molecule has 0 bridgehead atoms. The van der Waals surface area contributed by atoms with Gasteiger partial charge in [0, 0.05) is 11.3 Å². The average Bonchev–Trinajstić information content (AvgIpc) is 2.75. The van der Waals surface area contributed by atoms with Gasteiger partial charge in [0.25, 0.3) is 5.91 Å². The molecule has 0 fully saturated rings. The van der Waals surface area contributed by atoms with E-state index in [1.807, 2.05) is 6.26 Å². The van der Waals surface area contributed by atoms with Crippen LogP contribution in [0.4, 0.5) is 5.00 Å². The Labute approximate surface area is 133 Å². The summed E-state index contributed by atoms with van der Waals surface area (Å²) in [7, 11) is 0. The van der Waals surface area contributed by atoms with Gasteiger partial charge >= 0.3 is 0 Å². The van der Waals surface area contributed by atoms with Crippen molar-refractivity contribution in [3.8, 4) is 0 Å². The van der Waals surface area contributed by atoms with Gasteiger partial charge in [0.15, 0.2) is 0 Å². The number of carbonyl (C=O) groups is 2. The van der Waals surface area contributed by atoms with Gasteiger partial charge in [-0.1, -0.05) is 6.92 Å². The molecule has 21 heavy (non-hydrogen) atoms. The van der Waals surface area contributed by atoms with Crippen LogP contribution in [0.1, 0.15) is 47.0 Å². The first kappa shape index (κ1) is 16.4. The maximum absolute atomic E-state index is 12.0. The molecule has 1 aliphatic carbocycles. The highest BCUT2D eigenvalue weighted by atomic mass is 32.2. The highest BCUT2D eigenvalue weighted by Crippen LogP contribution is 2.39. The number of anilines is 1. The number of nitrogens with two attached hydrogens (primary N) is 1. The molecule has 0 saturated carbocycles. The molecule has 1 atom stereocenters. The summed E-state index contributed by atoms with van der Waals surface area (Å²) in [5, 5.41) is 3.54. The maximum atomic E-state index is 12.0. The van der Waals surface area contributed by atoms with E-state index in [1.54, 1.807) is 11.8 Å². The monoisotopic (exact) mass is 326 g/mol. The topological polar surface area (TPSA) is 72.2 Å². The summed E-state index contributed by atoms with van der Waals surface area (Å²) < 4.78 is 0. The van der Waals surface area contributed by atoms with E-state index < -0.39 is 5.91 Å². The smallest absolute Gasteiger partial charge is 0.251 e. The number of thioether (sulfide) groups is 1. The predicted octanol–water partition coefficient (Wildman–Crippen LogP) is 3.05. The zero-order valence-corrected chi connectivity index (χ0v) is 14.2. The molecule has 1 heterocycles. The number of thiophene rings is 1. The van der Waals surface area contributed by atoms with Crippen LogP contribution in [-0.2, 0) is 17.6 Å². The van der Waals surface area contributed by atoms with Crippen molar-refractivity contribution in [3.63, 3.8) is 0 Å². The van der Waals surface area contributed by atoms with Crippen molar-refractivity contribution < 1.29 is 9.59 Å². The van der Waals surface area contributed by atoms with Gasteiger partial charge in [0.2, 0.25) is 5.91 Å². The first-order valence-corrected chi connectivity index (χ1v) is 9.47. The Kier molecular flexibility index (Phi) is 5.70. The van der Waals surface area contributed by atoms with Gasteiger partial charge in [0.1, 0.15) is 5.00 Å². The molecule has 2 rings (SSSR count). The molecule has 0 spiro atoms. The van der Waals surface area contributed by atoms with Gasteiger partial charge in [-0.05, 0) is 49.2 Å². The molecule has 4 nitrogen and oxygen atoms in total. The zero-order chi connectivity index (χ0) is 15.4. The summed E-state index contributed by atoms with van der Waals surface area (Å²) in [4.78, 5) is 24.9. The molecule has 1 aromatic rings. The minimum absolute atomic E-state index is 0.0294. The molecule has 2 amide bonds. The largest absolute Gasteiger partial charge is 0.365 e. The molecule has 0 aromatic carbocycles. The van der Waals surface area contributed by atoms with Crippen LogP contribution in [0.2, 0.25) is 0 Å². The maximum Gasteiger partial charge on any atom is 0.251 e. The number of hydrogen-bond acceptors (Lipinski definition) is 4. The minimum atomic E-state index is -0.429. The minimum Gasteiger partial charge on any atom is -0.365 e. The Balaban J connectivity index is 2.15. The van der Waals surface area contributed by atoms with Crippen molar-refractivity contribution in [1.29, 1.82) is 0 Å². The number of fused-ring (bicyclic) bond motifs is 1. The number of hydrogen-bond donors (Lipinski definition) is 2. The molecule has 3 N–H and O–H groups in total. The van der Waals surface area contributed by atoms with Crippen LogP contribution < -0.4 is 11.1 Å². The van der Waals surface area contributed by atoms with E-state index in [0.29, 0.717) is 22.9 Å². The fraction of sp³-hybridized carbons (Fsp3) is 0.600. The lowest BCUT2D eigenvalue weighted by atomic mass is 9.88. The SMILES string of the molecule is CSCCCC(=O)Nc1sc2c(c1C(N)=O)CCC(C)C2. The van der Waals surface area contributed by atoms with Gasteiger partial charge in [-0.15, -0.1) is 11.3 Å². The Bertz CT molecular complexity index is 540. The first-order valence-electron chi connectivity index (χ1n) is 7.26. The van der Waals surface area contributed by atoms with Gasteiger partial charge < -0.3 is 11.1 Å². The van der Waals surface area contributed by atoms with E-state index in [9.17, 15) is 9.59 Å². The number of primary amides is 1. The van der Waals surface area contributed by atoms with Crippen LogP contribution in [0.25, 0.3) is 0 Å². The number of nitrogens with one attached hydrogen (secondary N) is 1. The van der Waals surface area contributed by atoms with Crippen molar-refractivity contribution in [1.82, 2.24) is 0 Å². The Morgan fingerprint density at radius 2 is 2.24 bits per heavy atom. The molecule has 116 valence electrons. The van der Waals surface area contributed by atoms with Crippen molar-refractivity contribution >= 4 is 39.9 Å². The van der Waals surface area contributed by atoms with Crippen LogP contribution >= 0.6 is 23.1 Å². The highest BCUT2D eigenvalue weighted by molar-refractivity contribution is 7.98. The molecular formula is C15H22N2O2S2. The fourth-order valence-corrected chi connectivity index (χ4v) is 4.53. The summed E-state index contributed by atoms with van der Waals surface area (Å²) in [6.07, 6.45) is 6.29. The summed E-state index contributed by atoms with van der Waals surface area (Å²) in [6.45, 7) is 2.22. The van der Waals surface area contributed by atoms with Crippen LogP contribution in [0.3, 0.4) is 0 Å². The second kappa shape index (κ2) is 7.31. The second-order valence-electron chi connectivity index (χ2n) is 5.56. The summed E-state index contributed by atoms with van der Waals surface area (Å²) in [6, 6.07) is 0. The van der Waals surface area contributed by atoms with Crippen LogP contribution in [0, 0.1) is 5.92 Å². The molecule has 0 saturated heterocycles. The molecular weight excluding hydrogens is 304 g/mol. The average molecular weight is 326 g/mol. The Hall–Kier alpha value is -1.01. The van der Waals surface area contributed by atoms with E-state index in [2.05, 4.69) is 12.2 Å². The Morgan fingerprint density at radius 1 is 1.48 bits per heavy atom. The molecule has 1 unspecified atom stereocenters. The van der Waals surface area contributed by atoms with Gasteiger partial charge in [-0.3, -0.25) is 9.59 Å². The predicted molar refractivity (Wildman–Crippen MR) is 90.3 cm³/mol. The van der Waals surface area contributed by atoms with Crippen molar-refractivity contribution in [2.24, 2.45) is 11.7 Å². The number of rotatable bonds is 6.